The largest absolute Gasteiger partial charge is 0.310 e. The fourth-order valence-electron chi connectivity index (χ4n) is 2.50. The molecule has 0 aliphatic carbocycles. The number of nitrogens with one attached hydrogen (secondary N) is 1. The van der Waals surface area contributed by atoms with E-state index in [4.69, 9.17) is 5.84 Å². The highest BCUT2D eigenvalue weighted by Crippen LogP contribution is 2.29. The second-order valence-corrected chi connectivity index (χ2v) is 6.13. The maximum absolute atomic E-state index is 6.08. The first-order chi connectivity index (χ1) is 11.0. The van der Waals surface area contributed by atoms with Gasteiger partial charge in [-0.1, -0.05) is 38.1 Å². The quantitative estimate of drug-likeness (QED) is 0.356. The van der Waals surface area contributed by atoms with Crippen molar-refractivity contribution in [2.45, 2.75) is 33.7 Å². The Balaban J connectivity index is 2.40. The first kappa shape index (κ1) is 17.4. The predicted octanol–water partition coefficient (Wildman–Crippen LogP) is 3.27. The van der Waals surface area contributed by atoms with Crippen LogP contribution in [0.5, 0.6) is 0 Å². The Bertz CT molecular complexity index is 666. The monoisotopic (exact) mass is 313 g/mol. The van der Waals surface area contributed by atoms with E-state index < -0.39 is 0 Å². The van der Waals surface area contributed by atoms with E-state index in [0.29, 0.717) is 12.5 Å². The molecule has 0 amide bonds. The number of aliphatic imine (C=N–C) groups is 1. The molecule has 0 aliphatic heterocycles. The molecule has 0 saturated carbocycles. The number of anilines is 1. The van der Waals surface area contributed by atoms with Crippen LogP contribution in [0, 0.1) is 5.92 Å². The molecule has 0 spiro atoms. The van der Waals surface area contributed by atoms with E-state index in [9.17, 15) is 0 Å². The Hall–Kier alpha value is -1.98. The topological polar surface area (TPSA) is 66.5 Å². The lowest BCUT2D eigenvalue weighted by atomic mass is 10.0. The van der Waals surface area contributed by atoms with Gasteiger partial charge >= 0.3 is 0 Å². The molecule has 0 aliphatic rings. The molecule has 5 nitrogen and oxygen atoms in total. The zero-order valence-corrected chi connectivity index (χ0v) is 14.5. The second kappa shape index (κ2) is 8.04. The second-order valence-electron chi connectivity index (χ2n) is 6.13. The maximum atomic E-state index is 6.08. The minimum atomic E-state index is 0.236. The van der Waals surface area contributed by atoms with Crippen LogP contribution in [0.25, 0.3) is 10.8 Å². The van der Waals surface area contributed by atoms with Gasteiger partial charge in [0.05, 0.1) is 0 Å². The molecule has 1 heterocycles. The number of hydrazine groups is 1. The first-order valence-corrected chi connectivity index (χ1v) is 8.19. The summed E-state index contributed by atoms with van der Waals surface area (Å²) in [6.07, 6.45) is 3.53. The number of fused-ring (bicyclic) bond motifs is 1. The molecule has 1 aromatic heterocycles. The Kier molecular flexibility index (Phi) is 6.07. The summed E-state index contributed by atoms with van der Waals surface area (Å²) in [4.78, 5) is 8.76. The molecule has 0 saturated heterocycles. The number of hydrogen-bond acceptors (Lipinski definition) is 4. The average Bonchev–Trinajstić information content (AvgIpc) is 2.56. The summed E-state index contributed by atoms with van der Waals surface area (Å²) in [5, 5.41) is 7.25. The third-order valence-corrected chi connectivity index (χ3v) is 3.74. The maximum Gasteiger partial charge on any atom is 0.156 e. The van der Waals surface area contributed by atoms with Crippen LogP contribution >= 0.6 is 0 Å². The minimum Gasteiger partial charge on any atom is -0.310 e. The number of nitrogens with zero attached hydrogens (tertiary/aromatic N) is 3. The van der Waals surface area contributed by atoms with E-state index in [1.807, 2.05) is 25.3 Å². The molecule has 0 fully saturated rings. The van der Waals surface area contributed by atoms with Crippen molar-refractivity contribution in [3.05, 3.63) is 36.0 Å². The van der Waals surface area contributed by atoms with Gasteiger partial charge in [-0.3, -0.25) is 10.0 Å². The first-order valence-electron chi connectivity index (χ1n) is 8.19. The van der Waals surface area contributed by atoms with Crippen molar-refractivity contribution in [2.75, 3.05) is 18.1 Å². The van der Waals surface area contributed by atoms with Crippen LogP contribution in [-0.4, -0.2) is 24.4 Å². The highest BCUT2D eigenvalue weighted by Gasteiger charge is 2.14. The number of aromatic nitrogens is 1. The van der Waals surface area contributed by atoms with E-state index in [1.54, 1.807) is 6.34 Å². The van der Waals surface area contributed by atoms with E-state index >= 15 is 0 Å². The molecular weight excluding hydrogens is 286 g/mol. The molecule has 124 valence electrons. The fourth-order valence-corrected chi connectivity index (χ4v) is 2.50. The van der Waals surface area contributed by atoms with Gasteiger partial charge in [-0.15, -0.1) is 0 Å². The van der Waals surface area contributed by atoms with Crippen LogP contribution in [0.2, 0.25) is 0 Å². The molecule has 2 aromatic rings. The Morgan fingerprint density at radius 2 is 1.96 bits per heavy atom. The van der Waals surface area contributed by atoms with Crippen LogP contribution in [0.15, 0.2) is 35.5 Å². The molecule has 3 N–H and O–H groups in total. The molecule has 5 heteroatoms. The lowest BCUT2D eigenvalue weighted by Gasteiger charge is -2.20. The van der Waals surface area contributed by atoms with Crippen molar-refractivity contribution in [1.82, 2.24) is 10.3 Å². The van der Waals surface area contributed by atoms with Crippen LogP contribution in [0.3, 0.4) is 0 Å². The van der Waals surface area contributed by atoms with Gasteiger partial charge in [0.15, 0.2) is 5.82 Å². The van der Waals surface area contributed by atoms with Gasteiger partial charge in [0.2, 0.25) is 0 Å². The summed E-state index contributed by atoms with van der Waals surface area (Å²) in [7, 11) is 0. The lowest BCUT2D eigenvalue weighted by molar-refractivity contribution is 0.497. The minimum absolute atomic E-state index is 0.236. The lowest BCUT2D eigenvalue weighted by Crippen LogP contribution is -2.30. The molecule has 0 bridgehead atoms. The third kappa shape index (κ3) is 4.27. The van der Waals surface area contributed by atoms with E-state index in [-0.39, 0.29) is 6.04 Å². The Morgan fingerprint density at radius 1 is 1.26 bits per heavy atom. The molecule has 23 heavy (non-hydrogen) atoms. The zero-order chi connectivity index (χ0) is 16.8. The van der Waals surface area contributed by atoms with Gasteiger partial charge in [0.1, 0.15) is 6.34 Å². The van der Waals surface area contributed by atoms with E-state index in [0.717, 1.165) is 17.7 Å². The predicted molar refractivity (Wildman–Crippen MR) is 98.7 cm³/mol. The Morgan fingerprint density at radius 3 is 2.61 bits per heavy atom. The zero-order valence-electron chi connectivity index (χ0n) is 14.5. The van der Waals surface area contributed by atoms with Gasteiger partial charge in [-0.25, -0.2) is 10.8 Å². The Labute approximate surface area is 138 Å². The van der Waals surface area contributed by atoms with Crippen LogP contribution in [0.4, 0.5) is 5.82 Å². The number of hydrogen-bond donors (Lipinski definition) is 2. The SMILES string of the molecule is CCN=CN(N)c1ncc(C(C)NCC(C)C)c2ccccc12. The molecule has 1 atom stereocenters. The molecular formula is C18H27N5. The van der Waals surface area contributed by atoms with Crippen molar-refractivity contribution in [1.29, 1.82) is 0 Å². The number of benzene rings is 1. The third-order valence-electron chi connectivity index (χ3n) is 3.74. The smallest absolute Gasteiger partial charge is 0.156 e. The highest BCUT2D eigenvalue weighted by atomic mass is 15.4. The number of pyridine rings is 1. The van der Waals surface area contributed by atoms with E-state index in [2.05, 4.69) is 48.2 Å². The van der Waals surface area contributed by atoms with Crippen molar-refractivity contribution in [3.8, 4) is 0 Å². The summed E-state index contributed by atoms with van der Waals surface area (Å²) in [5.74, 6) is 7.41. The number of nitrogens with two attached hydrogens (primary N) is 1. The summed E-state index contributed by atoms with van der Waals surface area (Å²) < 4.78 is 0. The van der Waals surface area contributed by atoms with Crippen molar-refractivity contribution < 1.29 is 0 Å². The molecule has 1 aromatic carbocycles. The highest BCUT2D eigenvalue weighted by molar-refractivity contribution is 5.98. The van der Waals surface area contributed by atoms with E-state index in [1.165, 1.54) is 16.0 Å². The normalized spacial score (nSPS) is 13.1. The van der Waals surface area contributed by atoms with Gasteiger partial charge in [-0.05, 0) is 37.3 Å². The average molecular weight is 313 g/mol. The van der Waals surface area contributed by atoms with Gasteiger partial charge in [0.25, 0.3) is 0 Å². The van der Waals surface area contributed by atoms with Crippen LogP contribution < -0.4 is 16.2 Å². The summed E-state index contributed by atoms with van der Waals surface area (Å²) in [5.41, 5.74) is 1.19. The van der Waals surface area contributed by atoms with Crippen molar-refractivity contribution in [3.63, 3.8) is 0 Å². The summed E-state index contributed by atoms with van der Waals surface area (Å²) in [6, 6.07) is 8.46. The van der Waals surface area contributed by atoms with Crippen LogP contribution in [0.1, 0.15) is 39.3 Å². The van der Waals surface area contributed by atoms with Crippen molar-refractivity contribution >= 4 is 22.9 Å². The summed E-state index contributed by atoms with van der Waals surface area (Å²) >= 11 is 0. The summed E-state index contributed by atoms with van der Waals surface area (Å²) in [6.45, 7) is 10.2. The molecule has 0 radical (unpaired) electrons. The molecule has 2 rings (SSSR count). The number of rotatable bonds is 7. The van der Waals surface area contributed by atoms with Gasteiger partial charge in [-0.2, -0.15) is 0 Å². The van der Waals surface area contributed by atoms with Gasteiger partial charge < -0.3 is 5.32 Å². The molecule has 1 unspecified atom stereocenters. The fraction of sp³-hybridized carbons (Fsp3) is 0.444. The standard InChI is InChI=1S/C18H27N5/c1-5-20-12-23(19)18-16-9-7-6-8-15(16)17(11-22-18)14(4)21-10-13(2)3/h6-9,11-14,21H,5,10,19H2,1-4H3. The van der Waals surface area contributed by atoms with Gasteiger partial charge in [0, 0.05) is 24.2 Å². The van der Waals surface area contributed by atoms with Crippen LogP contribution in [-0.2, 0) is 0 Å². The van der Waals surface area contributed by atoms with Crippen molar-refractivity contribution in [2.24, 2.45) is 16.8 Å².